The van der Waals surface area contributed by atoms with Crippen LogP contribution in [0.2, 0.25) is 0 Å². The third-order valence-corrected chi connectivity index (χ3v) is 3.86. The molecule has 0 radical (unpaired) electrons. The molecule has 1 aromatic carbocycles. The Hall–Kier alpha value is -1.42. The predicted molar refractivity (Wildman–Crippen MR) is 73.7 cm³/mol. The number of anilines is 1. The maximum absolute atomic E-state index is 13.3. The zero-order valence-corrected chi connectivity index (χ0v) is 10.8. The summed E-state index contributed by atoms with van der Waals surface area (Å²) in [6.07, 6.45) is 2.49. The quantitative estimate of drug-likeness (QED) is 0.856. The van der Waals surface area contributed by atoms with E-state index in [1.165, 1.54) is 5.56 Å². The molecule has 0 saturated carbocycles. The van der Waals surface area contributed by atoms with Crippen LogP contribution in [0, 0.1) is 0 Å². The molecular weight excluding hydrogens is 246 g/mol. The average Bonchev–Trinajstić information content (AvgIpc) is 2.46. The molecule has 102 valence electrons. The summed E-state index contributed by atoms with van der Waals surface area (Å²) in [5.41, 5.74) is 4.03. The Morgan fingerprint density at radius 3 is 2.74 bits per heavy atom. The zero-order chi connectivity index (χ0) is 13.2. The van der Waals surface area contributed by atoms with Crippen molar-refractivity contribution in [2.45, 2.75) is 25.7 Å². The molecule has 2 aliphatic heterocycles. The largest absolute Gasteiger partial charge is 0.385 e. The van der Waals surface area contributed by atoms with Crippen molar-refractivity contribution >= 4 is 11.3 Å². The topological polar surface area (TPSA) is 24.1 Å². The summed E-state index contributed by atoms with van der Waals surface area (Å²) in [6.45, 7) is 2.51. The van der Waals surface area contributed by atoms with E-state index >= 15 is 0 Å². The molecule has 4 heteroatoms. The van der Waals surface area contributed by atoms with Gasteiger partial charge in [-0.3, -0.25) is 0 Å². The Kier molecular flexibility index (Phi) is 3.51. The van der Waals surface area contributed by atoms with Gasteiger partial charge in [-0.15, -0.1) is 0 Å². The van der Waals surface area contributed by atoms with Crippen molar-refractivity contribution in [2.24, 2.45) is 0 Å². The van der Waals surface area contributed by atoms with Crippen LogP contribution >= 0.6 is 0 Å². The maximum Gasteiger partial charge on any atom is 0.264 e. The fourth-order valence-electron chi connectivity index (χ4n) is 2.86. The first-order valence-corrected chi connectivity index (χ1v) is 6.84. The van der Waals surface area contributed by atoms with E-state index in [4.69, 9.17) is 0 Å². The van der Waals surface area contributed by atoms with Crippen molar-refractivity contribution in [2.75, 3.05) is 25.0 Å². The average molecular weight is 264 g/mol. The molecule has 0 atom stereocenters. The molecular formula is C15H18F2N2. The number of rotatable bonds is 2. The molecule has 2 N–H and O–H groups in total. The van der Waals surface area contributed by atoms with E-state index in [2.05, 4.69) is 10.6 Å². The first-order valence-electron chi connectivity index (χ1n) is 6.84. The summed E-state index contributed by atoms with van der Waals surface area (Å²) in [5.74, 6) is 0. The highest BCUT2D eigenvalue weighted by Crippen LogP contribution is 2.36. The number of hydrogen-bond donors (Lipinski definition) is 2. The number of hydrogen-bond acceptors (Lipinski definition) is 2. The van der Waals surface area contributed by atoms with E-state index in [9.17, 15) is 8.78 Å². The van der Waals surface area contributed by atoms with E-state index in [-0.39, 0.29) is 5.56 Å². The maximum atomic E-state index is 13.3. The highest BCUT2D eigenvalue weighted by Gasteiger charge is 2.21. The SMILES string of the molecule is FC(F)c1cc2c(cc1C1=CCNCC1)CCCN2. The first kappa shape index (κ1) is 12.6. The van der Waals surface area contributed by atoms with E-state index in [0.29, 0.717) is 0 Å². The minimum Gasteiger partial charge on any atom is -0.385 e. The molecule has 0 unspecified atom stereocenters. The molecule has 0 aromatic heterocycles. The normalized spacial score (nSPS) is 18.8. The van der Waals surface area contributed by atoms with Crippen LogP contribution in [0.3, 0.4) is 0 Å². The Morgan fingerprint density at radius 1 is 1.11 bits per heavy atom. The lowest BCUT2D eigenvalue weighted by molar-refractivity contribution is 0.151. The number of aryl methyl sites for hydroxylation is 1. The molecule has 3 rings (SSSR count). The Balaban J connectivity index is 2.07. The highest BCUT2D eigenvalue weighted by atomic mass is 19.3. The van der Waals surface area contributed by atoms with E-state index in [0.717, 1.165) is 55.7 Å². The van der Waals surface area contributed by atoms with Crippen LogP contribution in [0.4, 0.5) is 14.5 Å². The standard InChI is InChI=1S/C15H18F2N2/c16-15(17)13-9-14-11(2-1-5-19-14)8-12(13)10-3-6-18-7-4-10/h3,8-9,15,18-19H,1-2,4-7H2. The molecule has 2 aliphatic rings. The van der Waals surface area contributed by atoms with E-state index < -0.39 is 6.43 Å². The third kappa shape index (κ3) is 2.50. The van der Waals surface area contributed by atoms with Crippen LogP contribution in [-0.4, -0.2) is 19.6 Å². The van der Waals surface area contributed by atoms with Gasteiger partial charge in [-0.05, 0) is 54.6 Å². The lowest BCUT2D eigenvalue weighted by Crippen LogP contribution is -2.21. The van der Waals surface area contributed by atoms with Crippen molar-refractivity contribution in [3.05, 3.63) is 34.9 Å². The number of fused-ring (bicyclic) bond motifs is 1. The smallest absolute Gasteiger partial charge is 0.264 e. The van der Waals surface area contributed by atoms with Crippen LogP contribution in [0.25, 0.3) is 5.57 Å². The summed E-state index contributed by atoms with van der Waals surface area (Å²) in [4.78, 5) is 0. The van der Waals surface area contributed by atoms with Crippen molar-refractivity contribution in [3.8, 4) is 0 Å². The van der Waals surface area contributed by atoms with Gasteiger partial charge in [0.1, 0.15) is 0 Å². The first-order chi connectivity index (χ1) is 9.25. The fourth-order valence-corrected chi connectivity index (χ4v) is 2.86. The van der Waals surface area contributed by atoms with Crippen LogP contribution < -0.4 is 10.6 Å². The highest BCUT2D eigenvalue weighted by molar-refractivity contribution is 5.73. The van der Waals surface area contributed by atoms with Gasteiger partial charge in [0.05, 0.1) is 0 Å². The molecule has 19 heavy (non-hydrogen) atoms. The van der Waals surface area contributed by atoms with Gasteiger partial charge in [-0.2, -0.15) is 0 Å². The van der Waals surface area contributed by atoms with Gasteiger partial charge in [0, 0.05) is 24.3 Å². The van der Waals surface area contributed by atoms with Crippen molar-refractivity contribution < 1.29 is 8.78 Å². The number of nitrogens with one attached hydrogen (secondary N) is 2. The van der Waals surface area contributed by atoms with Crippen LogP contribution in [0.15, 0.2) is 18.2 Å². The summed E-state index contributed by atoms with van der Waals surface area (Å²) < 4.78 is 26.6. The molecule has 0 spiro atoms. The summed E-state index contributed by atoms with van der Waals surface area (Å²) >= 11 is 0. The molecule has 0 aliphatic carbocycles. The molecule has 0 amide bonds. The number of benzene rings is 1. The van der Waals surface area contributed by atoms with Gasteiger partial charge >= 0.3 is 0 Å². The van der Waals surface area contributed by atoms with E-state index in [1.807, 2.05) is 12.1 Å². The Labute approximate surface area is 111 Å². The van der Waals surface area contributed by atoms with Crippen molar-refractivity contribution in [1.82, 2.24) is 5.32 Å². The fraction of sp³-hybridized carbons (Fsp3) is 0.467. The molecule has 2 nitrogen and oxygen atoms in total. The van der Waals surface area contributed by atoms with Gasteiger partial charge in [0.15, 0.2) is 0 Å². The molecule has 1 aromatic rings. The van der Waals surface area contributed by atoms with Gasteiger partial charge in [0.25, 0.3) is 6.43 Å². The summed E-state index contributed by atoms with van der Waals surface area (Å²) in [6, 6.07) is 3.62. The predicted octanol–water partition coefficient (Wildman–Crippen LogP) is 3.36. The van der Waals surface area contributed by atoms with Crippen LogP contribution in [-0.2, 0) is 6.42 Å². The molecule has 2 heterocycles. The minimum absolute atomic E-state index is 0.168. The zero-order valence-electron chi connectivity index (χ0n) is 10.8. The van der Waals surface area contributed by atoms with Crippen LogP contribution in [0.5, 0.6) is 0 Å². The lowest BCUT2D eigenvalue weighted by atomic mass is 9.90. The van der Waals surface area contributed by atoms with Gasteiger partial charge in [-0.1, -0.05) is 6.08 Å². The van der Waals surface area contributed by atoms with Crippen molar-refractivity contribution in [1.29, 1.82) is 0 Å². The van der Waals surface area contributed by atoms with Gasteiger partial charge in [-0.25, -0.2) is 8.78 Å². The second kappa shape index (κ2) is 5.29. The molecule has 0 fully saturated rings. The van der Waals surface area contributed by atoms with Gasteiger partial charge < -0.3 is 10.6 Å². The summed E-state index contributed by atoms with van der Waals surface area (Å²) in [7, 11) is 0. The Morgan fingerprint density at radius 2 is 2.00 bits per heavy atom. The minimum atomic E-state index is -2.42. The second-order valence-electron chi connectivity index (χ2n) is 5.11. The van der Waals surface area contributed by atoms with Crippen LogP contribution in [0.1, 0.15) is 36.0 Å². The number of halogens is 2. The third-order valence-electron chi connectivity index (χ3n) is 3.86. The monoisotopic (exact) mass is 264 g/mol. The molecule has 0 bridgehead atoms. The van der Waals surface area contributed by atoms with Gasteiger partial charge in [0.2, 0.25) is 0 Å². The lowest BCUT2D eigenvalue weighted by Gasteiger charge is -2.23. The van der Waals surface area contributed by atoms with E-state index in [1.54, 1.807) is 6.07 Å². The second-order valence-corrected chi connectivity index (χ2v) is 5.11. The van der Waals surface area contributed by atoms with Crippen molar-refractivity contribution in [3.63, 3.8) is 0 Å². The Bertz CT molecular complexity index is 509. The summed E-state index contributed by atoms with van der Waals surface area (Å²) in [5, 5.41) is 6.44. The number of alkyl halides is 2. The molecule has 0 saturated heterocycles.